The van der Waals surface area contributed by atoms with Crippen molar-refractivity contribution < 1.29 is 14.3 Å². The number of nitrogens with one attached hydrogen (secondary N) is 2. The molecule has 3 rings (SSSR count). The third-order valence-electron chi connectivity index (χ3n) is 3.58. The molecule has 2 aromatic carbocycles. The van der Waals surface area contributed by atoms with Crippen LogP contribution in [0.25, 0.3) is 5.69 Å². The Balaban J connectivity index is 1.66. The van der Waals surface area contributed by atoms with Crippen molar-refractivity contribution in [3.63, 3.8) is 0 Å². The lowest BCUT2D eigenvalue weighted by Crippen LogP contribution is -2.17. The van der Waals surface area contributed by atoms with Crippen LogP contribution < -0.4 is 10.6 Å². The molecule has 26 heavy (non-hydrogen) atoms. The highest BCUT2D eigenvalue weighted by atomic mass is 16.5. The number of carbonyl (C=O) groups is 2. The highest BCUT2D eigenvalue weighted by Crippen LogP contribution is 2.16. The van der Waals surface area contributed by atoms with Crippen molar-refractivity contribution in [2.75, 3.05) is 24.4 Å². The zero-order valence-electron chi connectivity index (χ0n) is 14.2. The average molecular weight is 350 g/mol. The first-order valence-corrected chi connectivity index (χ1v) is 7.96. The Morgan fingerprint density at radius 3 is 2.42 bits per heavy atom. The third kappa shape index (κ3) is 4.34. The molecule has 1 heterocycles. The molecule has 0 saturated heterocycles. The van der Waals surface area contributed by atoms with Crippen LogP contribution in [-0.2, 0) is 9.53 Å². The largest absolute Gasteiger partial charge is 0.375 e. The maximum absolute atomic E-state index is 12.5. The highest BCUT2D eigenvalue weighted by molar-refractivity contribution is 6.04. The molecule has 132 valence electrons. The fourth-order valence-corrected chi connectivity index (χ4v) is 2.38. The Morgan fingerprint density at radius 2 is 1.77 bits per heavy atom. The van der Waals surface area contributed by atoms with E-state index in [0.29, 0.717) is 16.9 Å². The van der Waals surface area contributed by atoms with Crippen LogP contribution in [0.15, 0.2) is 67.0 Å². The van der Waals surface area contributed by atoms with E-state index in [1.807, 2.05) is 18.3 Å². The van der Waals surface area contributed by atoms with Gasteiger partial charge in [0.1, 0.15) is 6.61 Å². The molecule has 7 heteroatoms. The van der Waals surface area contributed by atoms with Gasteiger partial charge in [0.2, 0.25) is 5.91 Å². The van der Waals surface area contributed by atoms with Crippen LogP contribution in [0.2, 0.25) is 0 Å². The number of aromatic nitrogens is 2. The van der Waals surface area contributed by atoms with Gasteiger partial charge in [-0.3, -0.25) is 9.59 Å². The predicted octanol–water partition coefficient (Wildman–Crippen LogP) is 2.71. The van der Waals surface area contributed by atoms with E-state index in [4.69, 9.17) is 4.74 Å². The summed E-state index contributed by atoms with van der Waals surface area (Å²) >= 11 is 0. The summed E-state index contributed by atoms with van der Waals surface area (Å²) in [5, 5.41) is 9.68. The van der Waals surface area contributed by atoms with Crippen molar-refractivity contribution >= 4 is 23.2 Å². The van der Waals surface area contributed by atoms with Crippen molar-refractivity contribution in [2.24, 2.45) is 0 Å². The van der Waals surface area contributed by atoms with Gasteiger partial charge in [0.25, 0.3) is 5.91 Å². The van der Waals surface area contributed by atoms with E-state index < -0.39 is 0 Å². The highest BCUT2D eigenvalue weighted by Gasteiger charge is 2.08. The maximum Gasteiger partial charge on any atom is 0.255 e. The molecule has 0 bridgehead atoms. The average Bonchev–Trinajstić information content (AvgIpc) is 3.18. The van der Waals surface area contributed by atoms with Gasteiger partial charge in [-0.25, -0.2) is 4.68 Å². The molecule has 0 fully saturated rings. The minimum atomic E-state index is -0.236. The molecular weight excluding hydrogens is 332 g/mol. The quantitative estimate of drug-likeness (QED) is 0.716. The number of carbonyl (C=O) groups excluding carboxylic acids is 2. The van der Waals surface area contributed by atoms with E-state index in [9.17, 15) is 9.59 Å². The molecule has 0 spiro atoms. The van der Waals surface area contributed by atoms with Gasteiger partial charge in [-0.05, 0) is 48.5 Å². The molecule has 0 aliphatic rings. The summed E-state index contributed by atoms with van der Waals surface area (Å²) in [5.74, 6) is -0.463. The zero-order valence-corrected chi connectivity index (χ0v) is 14.2. The second-order valence-corrected chi connectivity index (χ2v) is 5.51. The first-order valence-electron chi connectivity index (χ1n) is 7.96. The number of benzene rings is 2. The number of ether oxygens (including phenoxy) is 1. The normalized spacial score (nSPS) is 10.3. The van der Waals surface area contributed by atoms with Gasteiger partial charge in [-0.2, -0.15) is 5.10 Å². The van der Waals surface area contributed by atoms with E-state index in [2.05, 4.69) is 15.7 Å². The number of amides is 2. The molecule has 2 amide bonds. The molecule has 3 aromatic rings. The Bertz CT molecular complexity index is 889. The standard InChI is InChI=1S/C19H18N4O3/c1-26-13-18(24)21-15-6-8-16(9-7-15)22-19(25)14-4-2-5-17(12-14)23-11-3-10-20-23/h2-12H,13H2,1H3,(H,21,24)(H,22,25). The molecule has 1 aromatic heterocycles. The summed E-state index contributed by atoms with van der Waals surface area (Å²) < 4.78 is 6.45. The molecule has 0 aliphatic carbocycles. The van der Waals surface area contributed by atoms with E-state index >= 15 is 0 Å². The van der Waals surface area contributed by atoms with Crippen molar-refractivity contribution in [2.45, 2.75) is 0 Å². The van der Waals surface area contributed by atoms with E-state index in [-0.39, 0.29) is 18.4 Å². The molecule has 0 aliphatic heterocycles. The van der Waals surface area contributed by atoms with Gasteiger partial charge < -0.3 is 15.4 Å². The lowest BCUT2D eigenvalue weighted by molar-refractivity contribution is -0.119. The fourth-order valence-electron chi connectivity index (χ4n) is 2.38. The molecule has 0 atom stereocenters. The summed E-state index contributed by atoms with van der Waals surface area (Å²) in [6.07, 6.45) is 3.49. The fraction of sp³-hybridized carbons (Fsp3) is 0.105. The molecular formula is C19H18N4O3. The second kappa shape index (κ2) is 8.09. The number of rotatable bonds is 6. The molecule has 0 radical (unpaired) electrons. The molecule has 7 nitrogen and oxygen atoms in total. The summed E-state index contributed by atoms with van der Waals surface area (Å²) in [5.41, 5.74) is 2.59. The molecule has 0 saturated carbocycles. The summed E-state index contributed by atoms with van der Waals surface area (Å²) in [6.45, 7) is -0.00885. The number of hydrogen-bond acceptors (Lipinski definition) is 4. The van der Waals surface area contributed by atoms with E-state index in [0.717, 1.165) is 5.69 Å². The molecule has 0 unspecified atom stereocenters. The topological polar surface area (TPSA) is 85.3 Å². The summed E-state index contributed by atoms with van der Waals surface area (Å²) in [6, 6.07) is 15.9. The van der Waals surface area contributed by atoms with Crippen LogP contribution in [-0.4, -0.2) is 35.3 Å². The predicted molar refractivity (Wildman–Crippen MR) is 98.5 cm³/mol. The SMILES string of the molecule is COCC(=O)Nc1ccc(NC(=O)c2cccc(-n3cccn3)c2)cc1. The number of methoxy groups -OCH3 is 1. The van der Waals surface area contributed by atoms with Gasteiger partial charge in [-0.15, -0.1) is 0 Å². The van der Waals surface area contributed by atoms with Crippen LogP contribution in [0, 0.1) is 0 Å². The zero-order chi connectivity index (χ0) is 18.4. The lowest BCUT2D eigenvalue weighted by Gasteiger charge is -2.09. The summed E-state index contributed by atoms with van der Waals surface area (Å²) in [7, 11) is 1.46. The maximum atomic E-state index is 12.5. The molecule has 2 N–H and O–H groups in total. The van der Waals surface area contributed by atoms with E-state index in [1.165, 1.54) is 7.11 Å². The third-order valence-corrected chi connectivity index (χ3v) is 3.58. The van der Waals surface area contributed by atoms with Crippen molar-refractivity contribution in [3.05, 3.63) is 72.6 Å². The van der Waals surface area contributed by atoms with Crippen LogP contribution in [0.1, 0.15) is 10.4 Å². The van der Waals surface area contributed by atoms with Crippen molar-refractivity contribution in [1.29, 1.82) is 0 Å². The Labute approximate surface area is 150 Å². The first kappa shape index (κ1) is 17.4. The van der Waals surface area contributed by atoms with Crippen LogP contribution in [0.4, 0.5) is 11.4 Å². The lowest BCUT2D eigenvalue weighted by atomic mass is 10.2. The number of hydrogen-bond donors (Lipinski definition) is 2. The van der Waals surface area contributed by atoms with Crippen molar-refractivity contribution in [3.8, 4) is 5.69 Å². The minimum absolute atomic E-state index is 0.00885. The van der Waals surface area contributed by atoms with E-state index in [1.54, 1.807) is 53.3 Å². The van der Waals surface area contributed by atoms with Crippen molar-refractivity contribution in [1.82, 2.24) is 9.78 Å². The van der Waals surface area contributed by atoms with Gasteiger partial charge in [0.05, 0.1) is 5.69 Å². The Hall–Kier alpha value is -3.45. The smallest absolute Gasteiger partial charge is 0.255 e. The van der Waals surface area contributed by atoms with Gasteiger partial charge >= 0.3 is 0 Å². The van der Waals surface area contributed by atoms with Crippen LogP contribution in [0.5, 0.6) is 0 Å². The number of anilines is 2. The summed E-state index contributed by atoms with van der Waals surface area (Å²) in [4.78, 5) is 23.9. The van der Waals surface area contributed by atoms with Crippen LogP contribution >= 0.6 is 0 Å². The van der Waals surface area contributed by atoms with Gasteiger partial charge in [-0.1, -0.05) is 6.07 Å². The van der Waals surface area contributed by atoms with Gasteiger partial charge in [0, 0.05) is 36.4 Å². The van der Waals surface area contributed by atoms with Gasteiger partial charge in [0.15, 0.2) is 0 Å². The monoisotopic (exact) mass is 350 g/mol. The second-order valence-electron chi connectivity index (χ2n) is 5.51. The first-order chi connectivity index (χ1) is 12.7. The Kier molecular flexibility index (Phi) is 5.40. The van der Waals surface area contributed by atoms with Crippen LogP contribution in [0.3, 0.4) is 0 Å². The number of nitrogens with zero attached hydrogens (tertiary/aromatic N) is 2. The minimum Gasteiger partial charge on any atom is -0.375 e. The Morgan fingerprint density at radius 1 is 1.04 bits per heavy atom.